The van der Waals surface area contributed by atoms with Crippen LogP contribution in [0.1, 0.15) is 24.0 Å². The number of hydrogen-bond acceptors (Lipinski definition) is 1. The van der Waals surface area contributed by atoms with E-state index < -0.39 is 0 Å². The van der Waals surface area contributed by atoms with E-state index in [0.29, 0.717) is 5.71 Å². The third kappa shape index (κ3) is 1.35. The zero-order valence-electron chi connectivity index (χ0n) is 9.10. The minimum Gasteiger partial charge on any atom is -0.300 e. The molecule has 16 heavy (non-hydrogen) atoms. The molecule has 0 spiro atoms. The second kappa shape index (κ2) is 3.46. The standard InChI is InChI=1S/C13H11BBrN/c14-7-1-3-9-10-4-2-8(15)6-12(10)13(16)11(9)5-7/h1,3,5-6,16H,2,4,14H2. The maximum atomic E-state index is 8.22. The van der Waals surface area contributed by atoms with Crippen molar-refractivity contribution in [3.05, 3.63) is 45.5 Å². The number of halogens is 1. The second-order valence-corrected chi connectivity index (χ2v) is 5.43. The Morgan fingerprint density at radius 2 is 2.00 bits per heavy atom. The molecule has 1 aromatic rings. The van der Waals surface area contributed by atoms with Gasteiger partial charge in [0.05, 0.1) is 5.71 Å². The Kier molecular flexibility index (Phi) is 2.18. The first kappa shape index (κ1) is 10.1. The third-order valence-corrected chi connectivity index (χ3v) is 3.90. The summed E-state index contributed by atoms with van der Waals surface area (Å²) in [6.07, 6.45) is 4.21. The number of fused-ring (bicyclic) bond motifs is 2. The van der Waals surface area contributed by atoms with Crippen LogP contribution in [-0.2, 0) is 0 Å². The van der Waals surface area contributed by atoms with Crippen LogP contribution in [0.5, 0.6) is 0 Å². The minimum absolute atomic E-state index is 0.686. The summed E-state index contributed by atoms with van der Waals surface area (Å²) in [5.41, 5.74) is 6.74. The maximum absolute atomic E-state index is 8.22. The molecule has 0 radical (unpaired) electrons. The van der Waals surface area contributed by atoms with Gasteiger partial charge in [0.1, 0.15) is 7.85 Å². The largest absolute Gasteiger partial charge is 0.300 e. The van der Waals surface area contributed by atoms with Gasteiger partial charge in [0.25, 0.3) is 0 Å². The quantitative estimate of drug-likeness (QED) is 0.700. The van der Waals surface area contributed by atoms with Crippen LogP contribution in [-0.4, -0.2) is 13.6 Å². The predicted octanol–water partition coefficient (Wildman–Crippen LogP) is 2.15. The fourth-order valence-electron chi connectivity index (χ4n) is 2.47. The molecule has 1 N–H and O–H groups in total. The van der Waals surface area contributed by atoms with E-state index in [4.69, 9.17) is 5.41 Å². The molecule has 0 heterocycles. The molecule has 3 heteroatoms. The van der Waals surface area contributed by atoms with E-state index in [1.807, 2.05) is 0 Å². The highest BCUT2D eigenvalue weighted by atomic mass is 79.9. The monoisotopic (exact) mass is 271 g/mol. The van der Waals surface area contributed by atoms with Gasteiger partial charge in [-0.3, -0.25) is 5.41 Å². The average Bonchev–Trinajstić information content (AvgIpc) is 2.53. The van der Waals surface area contributed by atoms with Crippen molar-refractivity contribution in [2.75, 3.05) is 0 Å². The predicted molar refractivity (Wildman–Crippen MR) is 74.6 cm³/mol. The van der Waals surface area contributed by atoms with Gasteiger partial charge in [-0.2, -0.15) is 0 Å². The molecule has 0 aromatic heterocycles. The van der Waals surface area contributed by atoms with Gasteiger partial charge in [0.2, 0.25) is 0 Å². The summed E-state index contributed by atoms with van der Waals surface area (Å²) in [6.45, 7) is 0. The fourth-order valence-corrected chi connectivity index (χ4v) is 2.90. The molecule has 78 valence electrons. The highest BCUT2D eigenvalue weighted by Crippen LogP contribution is 2.41. The Bertz CT molecular complexity index is 569. The Morgan fingerprint density at radius 1 is 1.19 bits per heavy atom. The van der Waals surface area contributed by atoms with Crippen molar-refractivity contribution in [3.8, 4) is 0 Å². The Hall–Kier alpha value is -1.09. The van der Waals surface area contributed by atoms with Crippen LogP contribution in [0.2, 0.25) is 0 Å². The lowest BCUT2D eigenvalue weighted by molar-refractivity contribution is 1.04. The second-order valence-electron chi connectivity index (χ2n) is 4.41. The third-order valence-electron chi connectivity index (χ3n) is 3.28. The van der Waals surface area contributed by atoms with Gasteiger partial charge in [-0.1, -0.05) is 39.6 Å². The summed E-state index contributed by atoms with van der Waals surface area (Å²) < 4.78 is 1.21. The van der Waals surface area contributed by atoms with Crippen LogP contribution >= 0.6 is 15.9 Å². The zero-order valence-corrected chi connectivity index (χ0v) is 10.7. The van der Waals surface area contributed by atoms with Gasteiger partial charge in [0, 0.05) is 11.1 Å². The van der Waals surface area contributed by atoms with Crippen LogP contribution in [0.4, 0.5) is 0 Å². The number of hydrogen-bond donors (Lipinski definition) is 1. The van der Waals surface area contributed by atoms with Crippen LogP contribution < -0.4 is 5.46 Å². The van der Waals surface area contributed by atoms with Crippen molar-refractivity contribution in [2.24, 2.45) is 0 Å². The van der Waals surface area contributed by atoms with Crippen molar-refractivity contribution >= 4 is 40.5 Å². The summed E-state index contributed by atoms with van der Waals surface area (Å²) in [7, 11) is 2.08. The Morgan fingerprint density at radius 3 is 2.81 bits per heavy atom. The summed E-state index contributed by atoms with van der Waals surface area (Å²) in [5, 5.41) is 8.22. The first-order valence-electron chi connectivity index (χ1n) is 5.46. The number of benzene rings is 1. The van der Waals surface area contributed by atoms with E-state index in [0.717, 1.165) is 24.0 Å². The molecule has 0 fully saturated rings. The molecule has 0 atom stereocenters. The van der Waals surface area contributed by atoms with Crippen molar-refractivity contribution in [1.29, 1.82) is 5.41 Å². The van der Waals surface area contributed by atoms with Gasteiger partial charge in [-0.25, -0.2) is 0 Å². The highest BCUT2D eigenvalue weighted by molar-refractivity contribution is 9.11. The van der Waals surface area contributed by atoms with E-state index in [9.17, 15) is 0 Å². The molecule has 0 bridgehead atoms. The van der Waals surface area contributed by atoms with Gasteiger partial charge < -0.3 is 0 Å². The minimum atomic E-state index is 0.686. The van der Waals surface area contributed by atoms with Crippen LogP contribution in [0.15, 0.2) is 34.3 Å². The number of rotatable bonds is 0. The van der Waals surface area contributed by atoms with Gasteiger partial charge in [0.15, 0.2) is 0 Å². The fraction of sp³-hybridized carbons (Fsp3) is 0.154. The van der Waals surface area contributed by atoms with Crippen molar-refractivity contribution < 1.29 is 0 Å². The van der Waals surface area contributed by atoms with E-state index >= 15 is 0 Å². The van der Waals surface area contributed by atoms with E-state index in [-0.39, 0.29) is 0 Å². The van der Waals surface area contributed by atoms with Crippen molar-refractivity contribution in [2.45, 2.75) is 12.8 Å². The molecule has 0 saturated carbocycles. The van der Waals surface area contributed by atoms with Gasteiger partial charge >= 0.3 is 0 Å². The summed E-state index contributed by atoms with van der Waals surface area (Å²) in [4.78, 5) is 0. The maximum Gasteiger partial charge on any atom is 0.139 e. The van der Waals surface area contributed by atoms with E-state index in [1.165, 1.54) is 21.1 Å². The van der Waals surface area contributed by atoms with Crippen LogP contribution in [0.25, 0.3) is 5.57 Å². The number of nitrogens with one attached hydrogen (secondary N) is 1. The first-order valence-corrected chi connectivity index (χ1v) is 6.25. The molecule has 1 nitrogen and oxygen atoms in total. The molecule has 3 rings (SSSR count). The van der Waals surface area contributed by atoms with Crippen molar-refractivity contribution in [1.82, 2.24) is 0 Å². The number of allylic oxidation sites excluding steroid dienone is 4. The van der Waals surface area contributed by atoms with Gasteiger partial charge in [-0.15, -0.1) is 0 Å². The Labute approximate surface area is 104 Å². The van der Waals surface area contributed by atoms with Crippen molar-refractivity contribution in [3.63, 3.8) is 0 Å². The normalized spacial score (nSPS) is 18.3. The van der Waals surface area contributed by atoms with E-state index in [1.54, 1.807) is 0 Å². The molecular weight excluding hydrogens is 261 g/mol. The molecule has 0 saturated heterocycles. The lowest BCUT2D eigenvalue weighted by atomic mass is 9.91. The molecule has 2 aliphatic rings. The molecule has 0 amide bonds. The highest BCUT2D eigenvalue weighted by Gasteiger charge is 2.27. The van der Waals surface area contributed by atoms with Crippen LogP contribution in [0.3, 0.4) is 0 Å². The lowest BCUT2D eigenvalue weighted by Crippen LogP contribution is -2.06. The topological polar surface area (TPSA) is 23.9 Å². The molecule has 1 aromatic carbocycles. The van der Waals surface area contributed by atoms with Gasteiger partial charge in [-0.05, 0) is 34.5 Å². The van der Waals surface area contributed by atoms with E-state index in [2.05, 4.69) is 48.1 Å². The summed E-state index contributed by atoms with van der Waals surface area (Å²) in [6, 6.07) is 6.42. The summed E-state index contributed by atoms with van der Waals surface area (Å²) >= 11 is 3.54. The Balaban J connectivity index is 2.23. The summed E-state index contributed by atoms with van der Waals surface area (Å²) in [5.74, 6) is 0. The zero-order chi connectivity index (χ0) is 11.3. The molecule has 0 aliphatic heterocycles. The molecule has 2 aliphatic carbocycles. The first-order chi connectivity index (χ1) is 7.66. The SMILES string of the molecule is Bc1ccc2c(c1)C(=N)C1=C2CCC(Br)=C1. The smallest absolute Gasteiger partial charge is 0.139 e. The average molecular weight is 272 g/mol. The van der Waals surface area contributed by atoms with Crippen LogP contribution in [0, 0.1) is 5.41 Å². The molecular formula is C13H11BBrN. The molecule has 0 unspecified atom stereocenters. The lowest BCUT2D eigenvalue weighted by Gasteiger charge is -2.11.